The molecule has 0 saturated carbocycles. The molecule has 0 amide bonds. The summed E-state index contributed by atoms with van der Waals surface area (Å²) in [6.07, 6.45) is 1.57. The molecule has 0 aliphatic rings. The summed E-state index contributed by atoms with van der Waals surface area (Å²) < 4.78 is 11.1. The van der Waals surface area contributed by atoms with E-state index in [-0.39, 0.29) is 5.76 Å². The summed E-state index contributed by atoms with van der Waals surface area (Å²) in [4.78, 5) is 8.15. The number of para-hydroxylation sites is 1. The molecule has 98 valence electrons. The minimum Gasteiger partial charge on any atom is -0.442 e. The lowest BCUT2D eigenvalue weighted by Gasteiger charge is -2.04. The summed E-state index contributed by atoms with van der Waals surface area (Å²) in [6, 6.07) is 10.9. The molecule has 2 heterocycles. The van der Waals surface area contributed by atoms with Gasteiger partial charge in [-0.1, -0.05) is 12.1 Å². The van der Waals surface area contributed by atoms with Gasteiger partial charge in [0.1, 0.15) is 11.7 Å². The van der Waals surface area contributed by atoms with Crippen molar-refractivity contribution in [1.29, 1.82) is 5.26 Å². The van der Waals surface area contributed by atoms with Gasteiger partial charge in [-0.05, 0) is 12.1 Å². The van der Waals surface area contributed by atoms with Gasteiger partial charge in [0.15, 0.2) is 5.75 Å². The first-order valence-corrected chi connectivity index (χ1v) is 5.92. The summed E-state index contributed by atoms with van der Waals surface area (Å²) >= 11 is 0. The van der Waals surface area contributed by atoms with E-state index in [1.807, 2.05) is 24.3 Å². The minimum absolute atomic E-state index is 0.121. The maximum atomic E-state index is 9.13. The highest BCUT2D eigenvalue weighted by Gasteiger charge is 2.16. The predicted octanol–water partition coefficient (Wildman–Crippen LogP) is 2.93. The van der Waals surface area contributed by atoms with Gasteiger partial charge in [0, 0.05) is 19.3 Å². The molecule has 20 heavy (non-hydrogen) atoms. The van der Waals surface area contributed by atoms with E-state index in [0.29, 0.717) is 23.2 Å². The maximum absolute atomic E-state index is 9.13. The number of rotatable bonds is 3. The lowest BCUT2D eigenvalue weighted by atomic mass is 10.2. The Morgan fingerprint density at radius 1 is 1.30 bits per heavy atom. The second-order valence-electron chi connectivity index (χ2n) is 3.94. The molecule has 0 atom stereocenters. The Kier molecular flexibility index (Phi) is 2.94. The van der Waals surface area contributed by atoms with E-state index < -0.39 is 0 Å². The lowest BCUT2D eigenvalue weighted by molar-refractivity contribution is 0.450. The highest BCUT2D eigenvalue weighted by atomic mass is 16.5. The van der Waals surface area contributed by atoms with Gasteiger partial charge in [-0.25, -0.2) is 4.98 Å². The number of nitrogens with zero attached hydrogens (tertiary/aromatic N) is 3. The molecular formula is C14H10N4O2. The number of aromatic nitrogens is 2. The Balaban J connectivity index is 2.07. The molecule has 3 aromatic rings. The zero-order chi connectivity index (χ0) is 13.9. The van der Waals surface area contributed by atoms with Crippen LogP contribution in [0.4, 0.5) is 5.95 Å². The molecule has 0 radical (unpaired) electrons. The van der Waals surface area contributed by atoms with Crippen molar-refractivity contribution < 1.29 is 9.15 Å². The second-order valence-corrected chi connectivity index (χ2v) is 3.94. The topological polar surface area (TPSA) is 84.0 Å². The van der Waals surface area contributed by atoms with Crippen molar-refractivity contribution in [2.24, 2.45) is 0 Å². The maximum Gasteiger partial charge on any atom is 0.247 e. The first kappa shape index (κ1) is 12.0. The average Bonchev–Trinajstić information content (AvgIpc) is 2.85. The third-order valence-electron chi connectivity index (χ3n) is 2.71. The zero-order valence-corrected chi connectivity index (χ0v) is 10.6. The fourth-order valence-corrected chi connectivity index (χ4v) is 1.82. The molecular weight excluding hydrogens is 256 g/mol. The van der Waals surface area contributed by atoms with Crippen molar-refractivity contribution in [3.63, 3.8) is 0 Å². The number of ether oxygens (including phenoxy) is 1. The summed E-state index contributed by atoms with van der Waals surface area (Å²) in [5.41, 5.74) is 0.599. The summed E-state index contributed by atoms with van der Waals surface area (Å²) in [6.45, 7) is 0. The van der Waals surface area contributed by atoms with Gasteiger partial charge in [-0.15, -0.1) is 0 Å². The molecule has 0 saturated heterocycles. The van der Waals surface area contributed by atoms with Crippen molar-refractivity contribution in [3.8, 4) is 17.7 Å². The number of hydrogen-bond donors (Lipinski definition) is 1. The molecule has 0 aliphatic heterocycles. The molecule has 0 aliphatic carbocycles. The van der Waals surface area contributed by atoms with Gasteiger partial charge in [0.25, 0.3) is 0 Å². The number of nitrogens with one attached hydrogen (secondary N) is 1. The molecule has 0 fully saturated rings. The van der Waals surface area contributed by atoms with Crippen molar-refractivity contribution >= 4 is 16.9 Å². The van der Waals surface area contributed by atoms with E-state index in [2.05, 4.69) is 15.3 Å². The van der Waals surface area contributed by atoms with Gasteiger partial charge >= 0.3 is 0 Å². The Morgan fingerprint density at radius 2 is 2.15 bits per heavy atom. The van der Waals surface area contributed by atoms with Gasteiger partial charge in [0.05, 0.1) is 5.39 Å². The van der Waals surface area contributed by atoms with E-state index in [1.165, 1.54) is 0 Å². The van der Waals surface area contributed by atoms with Gasteiger partial charge < -0.3 is 14.5 Å². The average molecular weight is 266 g/mol. The Hall–Kier alpha value is -3.07. The Bertz CT molecular complexity index is 804. The molecule has 6 nitrogen and oxygen atoms in total. The normalized spacial score (nSPS) is 10.2. The predicted molar refractivity (Wildman–Crippen MR) is 72.6 cm³/mol. The highest BCUT2D eigenvalue weighted by Crippen LogP contribution is 2.35. The molecule has 0 spiro atoms. The van der Waals surface area contributed by atoms with Crippen molar-refractivity contribution in [2.75, 3.05) is 12.4 Å². The van der Waals surface area contributed by atoms with Crippen LogP contribution in [0.15, 0.2) is 40.9 Å². The summed E-state index contributed by atoms with van der Waals surface area (Å²) in [5, 5.41) is 12.7. The van der Waals surface area contributed by atoms with Crippen LogP contribution in [0.25, 0.3) is 11.0 Å². The van der Waals surface area contributed by atoms with Crippen LogP contribution in [0, 0.1) is 11.3 Å². The fraction of sp³-hybridized carbons (Fsp3) is 0.0714. The Morgan fingerprint density at radius 3 is 2.95 bits per heavy atom. The summed E-state index contributed by atoms with van der Waals surface area (Å²) in [5.74, 6) is 1.26. The van der Waals surface area contributed by atoms with Crippen LogP contribution < -0.4 is 10.1 Å². The lowest BCUT2D eigenvalue weighted by Crippen LogP contribution is -1.97. The molecule has 0 bridgehead atoms. The van der Waals surface area contributed by atoms with Crippen LogP contribution >= 0.6 is 0 Å². The van der Waals surface area contributed by atoms with Gasteiger partial charge in [-0.2, -0.15) is 10.2 Å². The zero-order valence-electron chi connectivity index (χ0n) is 10.6. The third kappa shape index (κ3) is 2.01. The Labute approximate surface area is 114 Å². The van der Waals surface area contributed by atoms with E-state index >= 15 is 0 Å². The van der Waals surface area contributed by atoms with Crippen LogP contribution in [0.5, 0.6) is 11.6 Å². The molecule has 3 rings (SSSR count). The van der Waals surface area contributed by atoms with E-state index in [0.717, 1.165) is 5.39 Å². The molecule has 6 heteroatoms. The second kappa shape index (κ2) is 4.90. The standard InChI is InChI=1S/C14H10N4O2/c1-16-14-17-7-6-12(18-14)20-13-9-4-2-3-5-10(9)19-11(13)8-15/h2-7H,1H3,(H,16,17,18). The third-order valence-corrected chi connectivity index (χ3v) is 2.71. The number of anilines is 1. The summed E-state index contributed by atoms with van der Waals surface area (Å²) in [7, 11) is 1.72. The largest absolute Gasteiger partial charge is 0.442 e. The van der Waals surface area contributed by atoms with Crippen LogP contribution in [-0.4, -0.2) is 17.0 Å². The van der Waals surface area contributed by atoms with E-state index in [4.69, 9.17) is 14.4 Å². The van der Waals surface area contributed by atoms with E-state index in [1.54, 1.807) is 25.4 Å². The smallest absolute Gasteiger partial charge is 0.247 e. The van der Waals surface area contributed by atoms with Crippen LogP contribution in [0.1, 0.15) is 5.76 Å². The fourth-order valence-electron chi connectivity index (χ4n) is 1.82. The van der Waals surface area contributed by atoms with Crippen LogP contribution in [0.3, 0.4) is 0 Å². The van der Waals surface area contributed by atoms with Crippen molar-refractivity contribution in [3.05, 3.63) is 42.3 Å². The number of nitriles is 1. The molecule has 1 N–H and O–H groups in total. The number of fused-ring (bicyclic) bond motifs is 1. The first-order chi connectivity index (χ1) is 9.81. The molecule has 2 aromatic heterocycles. The monoisotopic (exact) mass is 266 g/mol. The highest BCUT2D eigenvalue weighted by molar-refractivity contribution is 5.86. The minimum atomic E-state index is 0.121. The van der Waals surface area contributed by atoms with Gasteiger partial charge in [-0.3, -0.25) is 0 Å². The molecule has 0 unspecified atom stereocenters. The van der Waals surface area contributed by atoms with Crippen molar-refractivity contribution in [2.45, 2.75) is 0 Å². The van der Waals surface area contributed by atoms with Crippen molar-refractivity contribution in [1.82, 2.24) is 9.97 Å². The molecule has 1 aromatic carbocycles. The quantitative estimate of drug-likeness (QED) is 0.784. The van der Waals surface area contributed by atoms with Gasteiger partial charge in [0.2, 0.25) is 17.6 Å². The SMILES string of the molecule is CNc1nccc(Oc2c(C#N)oc3ccccc23)n1. The van der Waals surface area contributed by atoms with E-state index in [9.17, 15) is 0 Å². The van der Waals surface area contributed by atoms with Crippen LogP contribution in [0.2, 0.25) is 0 Å². The number of furan rings is 1. The number of hydrogen-bond acceptors (Lipinski definition) is 6. The first-order valence-electron chi connectivity index (χ1n) is 5.92. The van der Waals surface area contributed by atoms with Crippen LogP contribution in [-0.2, 0) is 0 Å². The number of benzene rings is 1.